The molecule has 3 N–H and O–H groups in total. The zero-order valence-corrected chi connectivity index (χ0v) is 20.8. The maximum absolute atomic E-state index is 12.5. The number of aliphatic carboxylic acids is 1. The molecule has 2 aromatic rings. The predicted octanol–water partition coefficient (Wildman–Crippen LogP) is 6.34. The molecule has 0 aliphatic rings. The first-order chi connectivity index (χ1) is 15.5. The fourth-order valence-electron chi connectivity index (χ4n) is 3.48. The van der Waals surface area contributed by atoms with Gasteiger partial charge in [0.15, 0.2) is 0 Å². The molecule has 2 amide bonds. The summed E-state index contributed by atoms with van der Waals surface area (Å²) >= 11 is 0. The van der Waals surface area contributed by atoms with Crippen molar-refractivity contribution in [2.45, 2.75) is 58.8 Å². The van der Waals surface area contributed by atoms with Crippen LogP contribution in [0.3, 0.4) is 0 Å². The molecular weight excluding hydrogens is 438 g/mol. The van der Waals surface area contributed by atoms with Gasteiger partial charge in [-0.25, -0.2) is 4.79 Å². The van der Waals surface area contributed by atoms with E-state index in [1.165, 1.54) is 0 Å². The number of anilines is 2. The van der Waals surface area contributed by atoms with E-state index in [9.17, 15) is 9.59 Å². The second-order valence-electron chi connectivity index (χ2n) is 8.10. The molecule has 0 saturated carbocycles. The minimum absolute atomic E-state index is 0. The van der Waals surface area contributed by atoms with Crippen LogP contribution in [-0.4, -0.2) is 37.2 Å². The number of hydrogen-bond acceptors (Lipinski definition) is 3. The largest absolute Gasteiger partial charge is 0.481 e. The molecule has 0 saturated heterocycles. The first kappa shape index (κ1) is 28.3. The van der Waals surface area contributed by atoms with Crippen molar-refractivity contribution in [1.29, 1.82) is 0 Å². The molecule has 7 heteroatoms. The summed E-state index contributed by atoms with van der Waals surface area (Å²) in [6.45, 7) is 5.83. The number of halogens is 1. The molecule has 0 aliphatic heterocycles. The monoisotopic (exact) mass is 475 g/mol. The molecule has 0 atom stereocenters. The lowest BCUT2D eigenvalue weighted by atomic mass is 9.99. The number of rotatable bonds is 13. The Bertz CT molecular complexity index is 889. The van der Waals surface area contributed by atoms with Crippen LogP contribution in [0.5, 0.6) is 0 Å². The molecule has 0 spiro atoms. The molecule has 2 aromatic carbocycles. The highest BCUT2D eigenvalue weighted by Gasteiger charge is 2.13. The maximum Gasteiger partial charge on any atom is 0.321 e. The van der Waals surface area contributed by atoms with Crippen molar-refractivity contribution in [3.63, 3.8) is 0 Å². The Morgan fingerprint density at radius 2 is 1.73 bits per heavy atom. The van der Waals surface area contributed by atoms with E-state index in [-0.39, 0.29) is 24.9 Å². The molecule has 0 aromatic heterocycles. The molecule has 182 valence electrons. The number of carbonyl (C=O) groups excluding carboxylic acids is 1. The van der Waals surface area contributed by atoms with E-state index in [4.69, 9.17) is 5.11 Å². The molecule has 0 heterocycles. The van der Waals surface area contributed by atoms with E-state index in [1.807, 2.05) is 42.5 Å². The average molecular weight is 476 g/mol. The Hall–Kier alpha value is -2.73. The summed E-state index contributed by atoms with van der Waals surface area (Å²) in [7, 11) is 1.78. The van der Waals surface area contributed by atoms with Crippen LogP contribution >= 0.6 is 12.4 Å². The van der Waals surface area contributed by atoms with E-state index in [0.29, 0.717) is 13.0 Å². The highest BCUT2D eigenvalue weighted by molar-refractivity contribution is 5.92. The summed E-state index contributed by atoms with van der Waals surface area (Å²) in [6, 6.07) is 13.9. The molecule has 6 nitrogen and oxygen atoms in total. The van der Waals surface area contributed by atoms with Crippen molar-refractivity contribution >= 4 is 35.8 Å². The molecule has 0 radical (unpaired) electrons. The summed E-state index contributed by atoms with van der Waals surface area (Å²) in [5.74, 6) is -0.793. The van der Waals surface area contributed by atoms with Crippen LogP contribution in [-0.2, 0) is 11.2 Å². The van der Waals surface area contributed by atoms with Gasteiger partial charge in [-0.05, 0) is 48.6 Å². The summed E-state index contributed by atoms with van der Waals surface area (Å²) in [5, 5.41) is 15.5. The predicted molar refractivity (Wildman–Crippen MR) is 140 cm³/mol. The van der Waals surface area contributed by atoms with Gasteiger partial charge < -0.3 is 15.7 Å². The molecule has 0 bridgehead atoms. The Morgan fingerprint density at radius 1 is 0.970 bits per heavy atom. The van der Waals surface area contributed by atoms with Gasteiger partial charge in [0.2, 0.25) is 0 Å². The Morgan fingerprint density at radius 3 is 2.42 bits per heavy atom. The lowest BCUT2D eigenvalue weighted by Crippen LogP contribution is -2.37. The van der Waals surface area contributed by atoms with Crippen molar-refractivity contribution in [2.75, 3.05) is 30.4 Å². The zero-order chi connectivity index (χ0) is 23.3. The van der Waals surface area contributed by atoms with Gasteiger partial charge in [-0.15, -0.1) is 12.4 Å². The number of carboxylic acid groups (broad SMARTS) is 1. The number of urea groups is 1. The maximum atomic E-state index is 12.5. The van der Waals surface area contributed by atoms with Gasteiger partial charge in [0, 0.05) is 43.5 Å². The number of carboxylic acids is 1. The zero-order valence-electron chi connectivity index (χ0n) is 20.0. The number of nitrogens with zero attached hydrogens (tertiary/aromatic N) is 1. The van der Waals surface area contributed by atoms with Gasteiger partial charge in [-0.2, -0.15) is 0 Å². The van der Waals surface area contributed by atoms with E-state index in [2.05, 4.69) is 24.5 Å². The topological polar surface area (TPSA) is 81.7 Å². The van der Waals surface area contributed by atoms with Gasteiger partial charge >= 0.3 is 12.0 Å². The van der Waals surface area contributed by atoms with Crippen molar-refractivity contribution in [1.82, 2.24) is 5.32 Å². The molecule has 0 fully saturated rings. The third-order valence-corrected chi connectivity index (χ3v) is 5.46. The summed E-state index contributed by atoms with van der Waals surface area (Å²) in [5.41, 5.74) is 4.86. The summed E-state index contributed by atoms with van der Waals surface area (Å²) in [6.07, 6.45) is 5.97. The van der Waals surface area contributed by atoms with Gasteiger partial charge in [0.05, 0.1) is 0 Å². The Labute approximate surface area is 204 Å². The smallest absolute Gasteiger partial charge is 0.321 e. The van der Waals surface area contributed by atoms with Crippen LogP contribution in [0, 0.1) is 0 Å². The van der Waals surface area contributed by atoms with E-state index >= 15 is 0 Å². The Balaban J connectivity index is 0.00000544. The summed E-state index contributed by atoms with van der Waals surface area (Å²) < 4.78 is 0. The van der Waals surface area contributed by atoms with E-state index in [0.717, 1.165) is 66.7 Å². The Kier molecular flexibility index (Phi) is 13.0. The fraction of sp³-hybridized carbons (Fsp3) is 0.462. The third kappa shape index (κ3) is 9.34. The molecule has 33 heavy (non-hydrogen) atoms. The first-order valence-electron chi connectivity index (χ1n) is 11.7. The van der Waals surface area contributed by atoms with Crippen molar-refractivity contribution in [3.05, 3.63) is 48.0 Å². The van der Waals surface area contributed by atoms with Crippen molar-refractivity contribution < 1.29 is 14.7 Å². The van der Waals surface area contributed by atoms with Crippen LogP contribution in [0.1, 0.15) is 57.9 Å². The number of hydrogen-bond donors (Lipinski definition) is 3. The molecule has 2 rings (SSSR count). The van der Waals surface area contributed by atoms with Crippen molar-refractivity contribution in [3.8, 4) is 11.1 Å². The number of benzene rings is 2. The van der Waals surface area contributed by atoms with Gasteiger partial charge in [0.1, 0.15) is 0 Å². The molecule has 0 unspecified atom stereocenters. The normalized spacial score (nSPS) is 10.3. The lowest BCUT2D eigenvalue weighted by molar-refractivity contribution is -0.136. The van der Waals surface area contributed by atoms with E-state index in [1.54, 1.807) is 11.9 Å². The van der Waals surface area contributed by atoms with Crippen LogP contribution in [0.2, 0.25) is 0 Å². The number of aryl methyl sites for hydroxylation is 1. The second kappa shape index (κ2) is 15.2. The highest BCUT2D eigenvalue weighted by Crippen LogP contribution is 2.32. The number of carbonyl (C=O) groups is 2. The van der Waals surface area contributed by atoms with Crippen molar-refractivity contribution in [2.24, 2.45) is 0 Å². The fourth-order valence-corrected chi connectivity index (χ4v) is 3.48. The first-order valence-corrected chi connectivity index (χ1v) is 11.7. The molecular formula is C26H38ClN3O3. The van der Waals surface area contributed by atoms with Gasteiger partial charge in [-0.3, -0.25) is 9.69 Å². The SMILES string of the molecule is CCCCCNC(=O)N(C)c1cccc(-c2ccc(CCC(=O)O)cc2NCCCC)c1.Cl. The number of unbranched alkanes of at least 4 members (excludes halogenated alkanes) is 3. The number of nitrogens with one attached hydrogen (secondary N) is 2. The van der Waals surface area contributed by atoms with Crippen LogP contribution in [0.15, 0.2) is 42.5 Å². The van der Waals surface area contributed by atoms with Crippen LogP contribution in [0.25, 0.3) is 11.1 Å². The van der Waals surface area contributed by atoms with Gasteiger partial charge in [-0.1, -0.05) is 57.4 Å². The minimum Gasteiger partial charge on any atom is -0.481 e. The quantitative estimate of drug-likeness (QED) is 0.295. The van der Waals surface area contributed by atoms with Crippen LogP contribution in [0.4, 0.5) is 16.2 Å². The third-order valence-electron chi connectivity index (χ3n) is 5.46. The number of amides is 2. The van der Waals surface area contributed by atoms with E-state index < -0.39 is 5.97 Å². The molecule has 0 aliphatic carbocycles. The average Bonchev–Trinajstić information content (AvgIpc) is 2.80. The summed E-state index contributed by atoms with van der Waals surface area (Å²) in [4.78, 5) is 25.1. The van der Waals surface area contributed by atoms with Gasteiger partial charge in [0.25, 0.3) is 0 Å². The minimum atomic E-state index is -0.793. The standard InChI is InChI=1S/C26H37N3O3.ClH/c1-4-6-8-17-28-26(32)29(3)22-11-9-10-21(19-22)23-14-12-20(13-15-25(30)31)18-24(23)27-16-7-5-2;/h9-12,14,18-19,27H,4-8,13,15-17H2,1-3H3,(H,28,32)(H,30,31);1H. The van der Waals surface area contributed by atoms with Crippen LogP contribution < -0.4 is 15.5 Å². The highest BCUT2D eigenvalue weighted by atomic mass is 35.5. The lowest BCUT2D eigenvalue weighted by Gasteiger charge is -2.20. The second-order valence-corrected chi connectivity index (χ2v) is 8.10.